The minimum absolute atomic E-state index is 0.0130. The summed E-state index contributed by atoms with van der Waals surface area (Å²) in [6.07, 6.45) is 6.71. The highest BCUT2D eigenvalue weighted by Crippen LogP contribution is 2.27. The molecule has 12 atom stereocenters. The Hall–Kier alpha value is -6.47. The Morgan fingerprint density at radius 2 is 0.905 bits per heavy atom. The number of nitrogens with one attached hydrogen (secondary N) is 3. The van der Waals surface area contributed by atoms with Crippen molar-refractivity contribution in [2.75, 3.05) is 95.3 Å². The molecule has 0 aliphatic carbocycles. The molecule has 0 saturated carbocycles. The number of nitrogens with zero attached hydrogens (tertiary/aromatic N) is 9. The van der Waals surface area contributed by atoms with Crippen molar-refractivity contribution in [2.45, 2.75) is 223 Å². The van der Waals surface area contributed by atoms with Crippen molar-refractivity contribution in [3.8, 4) is 0 Å². The third-order valence-electron chi connectivity index (χ3n) is 18.3. The molecule has 4 N–H and O–H groups in total. The van der Waals surface area contributed by atoms with Crippen LogP contribution in [0.5, 0.6) is 0 Å². The summed E-state index contributed by atoms with van der Waals surface area (Å²) in [5.41, 5.74) is 0. The van der Waals surface area contributed by atoms with Crippen LogP contribution in [0.15, 0.2) is 24.3 Å². The van der Waals surface area contributed by atoms with E-state index in [0.29, 0.717) is 39.3 Å². The van der Waals surface area contributed by atoms with E-state index in [2.05, 4.69) is 20.9 Å². The van der Waals surface area contributed by atoms with Gasteiger partial charge in [0.1, 0.15) is 60.4 Å². The van der Waals surface area contributed by atoms with Crippen LogP contribution in [0.3, 0.4) is 0 Å². The molecule has 542 valence electrons. The normalized spacial score (nSPS) is 26.7. The largest absolute Gasteiger partial charge is 0.390 e. The van der Waals surface area contributed by atoms with Crippen molar-refractivity contribution in [3.63, 3.8) is 0 Å². The fraction of sp³-hybridized carbons (Fsp3) is 0.786. The van der Waals surface area contributed by atoms with E-state index < -0.39 is 156 Å². The molecule has 0 bridgehead atoms. The Kier molecular flexibility index (Phi) is 35.3. The first kappa shape index (κ1) is 84.6. The highest BCUT2D eigenvalue weighted by atomic mass is 16.5. The van der Waals surface area contributed by atoms with E-state index in [1.807, 2.05) is 67.5 Å². The van der Waals surface area contributed by atoms with E-state index in [1.54, 1.807) is 60.6 Å². The van der Waals surface area contributed by atoms with E-state index >= 15 is 24.0 Å². The summed E-state index contributed by atoms with van der Waals surface area (Å²) in [4.78, 5) is 177. The van der Waals surface area contributed by atoms with Crippen LogP contribution in [0.4, 0.5) is 0 Å². The summed E-state index contributed by atoms with van der Waals surface area (Å²) >= 11 is 0. The van der Waals surface area contributed by atoms with Crippen molar-refractivity contribution in [1.82, 2.24) is 60.0 Å². The maximum atomic E-state index is 15.7. The Balaban J connectivity index is 3.09. The number of rotatable bonds is 19. The molecule has 0 aromatic rings. The summed E-state index contributed by atoms with van der Waals surface area (Å²) in [6, 6.07) is -12.5. The molecule has 0 aromatic carbocycles. The number of aliphatic hydroxyl groups excluding tert-OH is 1. The fourth-order valence-corrected chi connectivity index (χ4v) is 12.4. The van der Waals surface area contributed by atoms with Gasteiger partial charge in [0.05, 0.1) is 25.9 Å². The predicted octanol–water partition coefficient (Wildman–Crippen LogP) is 3.87. The first-order valence-corrected chi connectivity index (χ1v) is 34.5. The monoisotopic (exact) mass is 1340 g/mol. The number of amides is 11. The number of hydrogen-bond donors (Lipinski definition) is 4. The Morgan fingerprint density at radius 3 is 1.39 bits per heavy atom. The minimum atomic E-state index is -1.62. The van der Waals surface area contributed by atoms with E-state index in [9.17, 15) is 33.9 Å². The van der Waals surface area contributed by atoms with Crippen LogP contribution in [-0.2, 0) is 57.5 Å². The Morgan fingerprint density at radius 1 is 0.474 bits per heavy atom. The third-order valence-corrected chi connectivity index (χ3v) is 18.3. The Labute approximate surface area is 569 Å². The average Bonchev–Trinajstić information content (AvgIpc) is 0.810. The zero-order valence-corrected chi connectivity index (χ0v) is 62.3. The second-order valence-electron chi connectivity index (χ2n) is 28.9. The minimum Gasteiger partial charge on any atom is -0.390 e. The van der Waals surface area contributed by atoms with Crippen LogP contribution in [0.1, 0.15) is 156 Å². The molecule has 0 unspecified atom stereocenters. The van der Waals surface area contributed by atoms with Crippen LogP contribution in [0.2, 0.25) is 0 Å². The standard InChI is InChI=1S/C70H124N12O13/c1-25-27-30-48(15)60(84)59-63(87)73-51(26-2)65(89)74(18)41-56(83)75(19)55(40-45(9)10)68(92)82(32-29-28-31-81-33-35-95-36-34-81)58(47(13)14)70(94)76(20)52(37-42(3)4)62(86)71-49(16)61(85)72-50(17)64(88)77(21)53(38-43(5)6)66(90)78(22)54(39-44(7)8)67(91)79(23)57(46(11)12)69(93)80(59)24/h25,27-29,42-55,57-60,84H,26,30-41H2,1-24H3,(H,71,86)(H,72,85)(H,73,87)/b27-25+,29-28+/t48-,49+,50-,51+,52+,53+,54+,55+,57+,58+,59+,60-/m1/s1. The molecular formula is C70H124N12O13. The number of carbonyl (C=O) groups excluding carboxylic acids is 11. The van der Waals surface area contributed by atoms with Gasteiger partial charge < -0.3 is 65.0 Å². The molecular weight excluding hydrogens is 1220 g/mol. The van der Waals surface area contributed by atoms with Gasteiger partial charge in [-0.05, 0) is 101 Å². The zero-order chi connectivity index (χ0) is 72.8. The first-order valence-electron chi connectivity index (χ1n) is 34.5. The molecule has 0 radical (unpaired) electrons. The number of aliphatic hydroxyl groups is 1. The van der Waals surface area contributed by atoms with Crippen LogP contribution >= 0.6 is 0 Å². The molecule has 2 fully saturated rings. The van der Waals surface area contributed by atoms with Crippen LogP contribution in [0, 0.1) is 41.4 Å². The SMILES string of the molecule is C/C=C/C[C@@H](C)[C@@H](O)[C@H]1C(=O)N[C@@H](CC)C(=O)N(C)CC(=O)N(C)[C@@H](CC(C)C)C(=O)N(C/C=C/CN2CCOCC2)[C@@H](C(C)C)C(=O)N(C)[C@@H](CC(C)C)C(=O)N[C@@H](C)C(=O)N[C@H](C)C(=O)N(C)[C@@H](CC(C)C)C(=O)N(C)[C@@H](CC(C)C)C(=O)N(C)[C@@H](C(C)C)C(=O)N1C. The number of hydrogen-bond acceptors (Lipinski definition) is 14. The number of allylic oxidation sites excluding steroid dienone is 2. The quantitative estimate of drug-likeness (QED) is 0.134. The Bertz CT molecular complexity index is 2620. The van der Waals surface area contributed by atoms with Gasteiger partial charge >= 0.3 is 0 Å². The summed E-state index contributed by atoms with van der Waals surface area (Å²) in [6.45, 7) is 32.6. The van der Waals surface area contributed by atoms with Gasteiger partial charge in [-0.1, -0.05) is 121 Å². The van der Waals surface area contributed by atoms with Crippen molar-refractivity contribution in [1.29, 1.82) is 0 Å². The van der Waals surface area contributed by atoms with Gasteiger partial charge in [-0.2, -0.15) is 0 Å². The molecule has 2 aliphatic rings. The van der Waals surface area contributed by atoms with Crippen molar-refractivity contribution < 1.29 is 62.6 Å². The van der Waals surface area contributed by atoms with E-state index in [0.717, 1.165) is 9.80 Å². The zero-order valence-electron chi connectivity index (χ0n) is 62.3. The summed E-state index contributed by atoms with van der Waals surface area (Å²) in [5.74, 6) is -9.72. The lowest BCUT2D eigenvalue weighted by molar-refractivity contribution is -0.157. The lowest BCUT2D eigenvalue weighted by Gasteiger charge is -2.41. The third kappa shape index (κ3) is 24.2. The maximum Gasteiger partial charge on any atom is 0.246 e. The van der Waals surface area contributed by atoms with Gasteiger partial charge in [0.15, 0.2) is 0 Å². The van der Waals surface area contributed by atoms with Gasteiger partial charge in [0.2, 0.25) is 65.0 Å². The highest BCUT2D eigenvalue weighted by Gasteiger charge is 2.46. The number of carbonyl (C=O) groups is 11. The van der Waals surface area contributed by atoms with Gasteiger partial charge in [0, 0.05) is 75.5 Å². The van der Waals surface area contributed by atoms with Crippen molar-refractivity contribution >= 4 is 65.0 Å². The van der Waals surface area contributed by atoms with E-state index in [-0.39, 0.29) is 62.3 Å². The molecule has 25 heteroatoms. The number of likely N-dealkylation sites (N-methyl/N-ethyl adjacent to an activating group) is 7. The molecule has 2 rings (SSSR count). The lowest BCUT2D eigenvalue weighted by atomic mass is 9.91. The smallest absolute Gasteiger partial charge is 0.246 e. The van der Waals surface area contributed by atoms with E-state index in [4.69, 9.17) is 4.74 Å². The molecule has 0 spiro atoms. The molecule has 25 nitrogen and oxygen atoms in total. The molecule has 2 saturated heterocycles. The molecule has 2 aliphatic heterocycles. The van der Waals surface area contributed by atoms with Gasteiger partial charge in [-0.15, -0.1) is 0 Å². The fourth-order valence-electron chi connectivity index (χ4n) is 12.4. The average molecular weight is 1340 g/mol. The lowest BCUT2D eigenvalue weighted by Crippen LogP contribution is -2.63. The highest BCUT2D eigenvalue weighted by molar-refractivity contribution is 5.99. The molecule has 11 amide bonds. The first-order chi connectivity index (χ1) is 44.2. The topological polar surface area (TPSA) is 282 Å². The van der Waals surface area contributed by atoms with Gasteiger partial charge in [-0.25, -0.2) is 0 Å². The van der Waals surface area contributed by atoms with Crippen molar-refractivity contribution in [2.24, 2.45) is 41.4 Å². The summed E-state index contributed by atoms with van der Waals surface area (Å²) in [7, 11) is 10.1. The van der Waals surface area contributed by atoms with Crippen LogP contribution in [-0.4, -0.2) is 276 Å². The second kappa shape index (κ2) is 39.7. The second-order valence-corrected chi connectivity index (χ2v) is 28.9. The summed E-state index contributed by atoms with van der Waals surface area (Å²) < 4.78 is 5.55. The van der Waals surface area contributed by atoms with Crippen molar-refractivity contribution in [3.05, 3.63) is 24.3 Å². The molecule has 2 heterocycles. The van der Waals surface area contributed by atoms with Gasteiger partial charge in [-0.3, -0.25) is 57.6 Å². The van der Waals surface area contributed by atoms with Crippen LogP contribution in [0.25, 0.3) is 0 Å². The van der Waals surface area contributed by atoms with E-state index in [1.165, 1.54) is 92.6 Å². The number of morpholine rings is 1. The molecule has 95 heavy (non-hydrogen) atoms. The van der Waals surface area contributed by atoms with Crippen LogP contribution < -0.4 is 16.0 Å². The summed E-state index contributed by atoms with van der Waals surface area (Å²) in [5, 5.41) is 20.5. The molecule has 0 aromatic heterocycles. The predicted molar refractivity (Wildman–Crippen MR) is 368 cm³/mol. The maximum absolute atomic E-state index is 15.7. The van der Waals surface area contributed by atoms with Gasteiger partial charge in [0.25, 0.3) is 0 Å². The number of ether oxygens (including phenoxy) is 1.